The maximum Gasteiger partial charge on any atom is 0.143 e. The van der Waals surface area contributed by atoms with E-state index in [0.29, 0.717) is 6.54 Å². The molecule has 1 aliphatic heterocycles. The molecule has 0 aromatic carbocycles. The predicted molar refractivity (Wildman–Crippen MR) is 70.4 cm³/mol. The molecule has 5 nitrogen and oxygen atoms in total. The smallest absolute Gasteiger partial charge is 0.143 e. The molecule has 0 bridgehead atoms. The number of ketones is 1. The zero-order valence-corrected chi connectivity index (χ0v) is 10.1. The lowest BCUT2D eigenvalue weighted by atomic mass is 10.3. The van der Waals surface area contributed by atoms with Crippen LogP contribution in [0.15, 0.2) is 0 Å². The van der Waals surface area contributed by atoms with Crippen molar-refractivity contribution < 1.29 is 9.53 Å². The number of hydrogen-bond acceptors (Lipinski definition) is 5. The van der Waals surface area contributed by atoms with Crippen LogP contribution in [0, 0.1) is 0 Å². The molecule has 2 N–H and O–H groups in total. The van der Waals surface area contributed by atoms with Gasteiger partial charge in [-0.2, -0.15) is 0 Å². The third kappa shape index (κ3) is 9.23. The summed E-state index contributed by atoms with van der Waals surface area (Å²) in [6, 6.07) is 0. The quantitative estimate of drug-likeness (QED) is 0.701. The molecule has 1 fully saturated rings. The van der Waals surface area contributed by atoms with Crippen molar-refractivity contribution >= 4 is 5.78 Å². The van der Waals surface area contributed by atoms with Crippen molar-refractivity contribution in [3.05, 3.63) is 0 Å². The molecule has 0 unspecified atom stereocenters. The molecule has 0 saturated carbocycles. The minimum Gasteiger partial charge on any atom is -0.379 e. The zero-order valence-electron chi connectivity index (χ0n) is 10.1. The van der Waals surface area contributed by atoms with Crippen molar-refractivity contribution in [3.8, 4) is 0 Å². The Morgan fingerprint density at radius 2 is 1.65 bits per heavy atom. The Kier molecular flexibility index (Phi) is 10.3. The number of Topliss-reactive ketones (excluding diaryl/α,β-unsaturated/α-hetero) is 1. The predicted octanol–water partition coefficient (Wildman–Crippen LogP) is -0.277. The maximum atomic E-state index is 11.1. The van der Waals surface area contributed by atoms with Gasteiger partial charge in [-0.3, -0.25) is 9.69 Å². The summed E-state index contributed by atoms with van der Waals surface area (Å²) in [6.45, 7) is 9.14. The van der Waals surface area contributed by atoms with Crippen molar-refractivity contribution in [2.24, 2.45) is 0 Å². The number of rotatable bonds is 2. The van der Waals surface area contributed by atoms with E-state index >= 15 is 0 Å². The van der Waals surface area contributed by atoms with Gasteiger partial charge in [0.1, 0.15) is 5.78 Å². The summed E-state index contributed by atoms with van der Waals surface area (Å²) in [5.41, 5.74) is 0. The van der Waals surface area contributed by atoms with E-state index in [2.05, 4.69) is 15.5 Å². The molecule has 1 heterocycles. The van der Waals surface area contributed by atoms with Crippen molar-refractivity contribution in [2.75, 3.05) is 59.0 Å². The van der Waals surface area contributed by atoms with E-state index in [1.165, 1.54) is 0 Å². The molecule has 17 heavy (non-hydrogen) atoms. The van der Waals surface area contributed by atoms with E-state index < -0.39 is 0 Å². The van der Waals surface area contributed by atoms with Crippen LogP contribution in [0.25, 0.3) is 0 Å². The first-order valence-corrected chi connectivity index (χ1v) is 6.00. The lowest BCUT2D eigenvalue weighted by Gasteiger charge is -2.22. The van der Waals surface area contributed by atoms with Crippen LogP contribution in [0.3, 0.4) is 0 Å². The van der Waals surface area contributed by atoms with E-state index in [4.69, 9.17) is 4.74 Å². The number of nitrogens with one attached hydrogen (secondary N) is 2. The van der Waals surface area contributed by atoms with Gasteiger partial charge in [-0.05, 0) is 6.92 Å². The molecule has 0 atom stereocenters. The first-order chi connectivity index (χ1) is 7.79. The molecule has 1 rings (SSSR count). The second kappa shape index (κ2) is 10.7. The summed E-state index contributed by atoms with van der Waals surface area (Å²) < 4.78 is 5.41. The van der Waals surface area contributed by atoms with E-state index in [9.17, 15) is 4.79 Å². The number of ether oxygens (including phenoxy) is 1. The molecule has 102 valence electrons. The lowest BCUT2D eigenvalue weighted by Crippen LogP contribution is -2.41. The summed E-state index contributed by atoms with van der Waals surface area (Å²) in [7, 11) is 0. The van der Waals surface area contributed by atoms with Gasteiger partial charge in [0.2, 0.25) is 0 Å². The minimum atomic E-state index is 0. The number of carbonyl (C=O) groups is 1. The van der Waals surface area contributed by atoms with Gasteiger partial charge in [0.25, 0.3) is 0 Å². The molecule has 0 aromatic rings. The van der Waals surface area contributed by atoms with Gasteiger partial charge in [-0.15, -0.1) is 0 Å². The Bertz CT molecular complexity index is 188. The summed E-state index contributed by atoms with van der Waals surface area (Å²) in [5.74, 6) is 0.232. The van der Waals surface area contributed by atoms with Crippen LogP contribution < -0.4 is 10.6 Å². The van der Waals surface area contributed by atoms with Crippen LogP contribution in [0.1, 0.15) is 14.4 Å². The fourth-order valence-corrected chi connectivity index (χ4v) is 1.70. The normalized spacial score (nSPS) is 20.8. The van der Waals surface area contributed by atoms with Gasteiger partial charge >= 0.3 is 0 Å². The Hall–Kier alpha value is -0.490. The maximum absolute atomic E-state index is 11.1. The van der Waals surface area contributed by atoms with Gasteiger partial charge in [-0.1, -0.05) is 7.43 Å². The molecular formula is C12H27N3O2. The summed E-state index contributed by atoms with van der Waals surface area (Å²) in [4.78, 5) is 13.3. The van der Waals surface area contributed by atoms with Gasteiger partial charge in [0.05, 0.1) is 19.8 Å². The first-order valence-electron chi connectivity index (χ1n) is 6.00. The van der Waals surface area contributed by atoms with Crippen molar-refractivity contribution in [1.82, 2.24) is 15.5 Å². The van der Waals surface area contributed by atoms with Gasteiger partial charge in [0.15, 0.2) is 0 Å². The SMILES string of the molecule is C.CC(=O)CN1CCNCCOCCNCC1. The highest BCUT2D eigenvalue weighted by atomic mass is 16.5. The second-order valence-corrected chi connectivity index (χ2v) is 4.09. The van der Waals surface area contributed by atoms with E-state index in [0.717, 1.165) is 52.5 Å². The van der Waals surface area contributed by atoms with Gasteiger partial charge < -0.3 is 15.4 Å². The molecule has 1 saturated heterocycles. The van der Waals surface area contributed by atoms with Gasteiger partial charge in [-0.25, -0.2) is 0 Å². The van der Waals surface area contributed by atoms with Crippen LogP contribution in [-0.4, -0.2) is 69.7 Å². The Balaban J connectivity index is 0.00000256. The highest BCUT2D eigenvalue weighted by Crippen LogP contribution is 1.88. The van der Waals surface area contributed by atoms with Crippen LogP contribution >= 0.6 is 0 Å². The molecular weight excluding hydrogens is 218 g/mol. The van der Waals surface area contributed by atoms with E-state index in [-0.39, 0.29) is 13.2 Å². The van der Waals surface area contributed by atoms with Crippen LogP contribution in [0.2, 0.25) is 0 Å². The number of carbonyl (C=O) groups excluding carboxylic acids is 1. The van der Waals surface area contributed by atoms with Crippen LogP contribution in [0.4, 0.5) is 0 Å². The number of nitrogens with zero attached hydrogens (tertiary/aromatic N) is 1. The Morgan fingerprint density at radius 3 is 2.12 bits per heavy atom. The highest BCUT2D eigenvalue weighted by molar-refractivity contribution is 5.77. The molecule has 0 aromatic heterocycles. The van der Waals surface area contributed by atoms with Crippen LogP contribution in [0.5, 0.6) is 0 Å². The van der Waals surface area contributed by atoms with Crippen molar-refractivity contribution in [3.63, 3.8) is 0 Å². The molecule has 1 aliphatic rings. The average Bonchev–Trinajstić information content (AvgIpc) is 2.21. The van der Waals surface area contributed by atoms with E-state index in [1.54, 1.807) is 6.92 Å². The third-order valence-corrected chi connectivity index (χ3v) is 2.50. The first kappa shape index (κ1) is 16.5. The Morgan fingerprint density at radius 1 is 1.12 bits per heavy atom. The number of hydrogen-bond donors (Lipinski definition) is 2. The topological polar surface area (TPSA) is 53.6 Å². The molecule has 0 radical (unpaired) electrons. The fourth-order valence-electron chi connectivity index (χ4n) is 1.70. The molecule has 0 spiro atoms. The zero-order chi connectivity index (χ0) is 11.6. The van der Waals surface area contributed by atoms with Gasteiger partial charge in [0, 0.05) is 39.3 Å². The standard InChI is InChI=1S/C11H23N3O2.CH4/c1-11(15)10-14-6-2-12-4-8-16-9-5-13-3-7-14;/h12-13H,2-10H2,1H3;1H4. The van der Waals surface area contributed by atoms with Crippen molar-refractivity contribution in [1.29, 1.82) is 0 Å². The monoisotopic (exact) mass is 245 g/mol. The molecule has 0 amide bonds. The molecule has 0 aliphatic carbocycles. The summed E-state index contributed by atoms with van der Waals surface area (Å²) in [6.07, 6.45) is 0. The van der Waals surface area contributed by atoms with Crippen LogP contribution in [-0.2, 0) is 9.53 Å². The van der Waals surface area contributed by atoms with Crippen molar-refractivity contribution in [2.45, 2.75) is 14.4 Å². The largest absolute Gasteiger partial charge is 0.379 e. The average molecular weight is 245 g/mol. The second-order valence-electron chi connectivity index (χ2n) is 4.09. The molecule has 5 heteroatoms. The van der Waals surface area contributed by atoms with E-state index in [1.807, 2.05) is 0 Å². The Labute approximate surface area is 105 Å². The minimum absolute atomic E-state index is 0. The highest BCUT2D eigenvalue weighted by Gasteiger charge is 2.07. The lowest BCUT2D eigenvalue weighted by molar-refractivity contribution is -0.118. The summed E-state index contributed by atoms with van der Waals surface area (Å²) >= 11 is 0. The summed E-state index contributed by atoms with van der Waals surface area (Å²) in [5, 5.41) is 6.62. The third-order valence-electron chi connectivity index (χ3n) is 2.50. The fraction of sp³-hybridized carbons (Fsp3) is 0.917.